The largest absolute Gasteiger partial charge is 0.496 e. The van der Waals surface area contributed by atoms with Crippen molar-refractivity contribution in [2.75, 3.05) is 19.0 Å². The predicted octanol–water partition coefficient (Wildman–Crippen LogP) is 4.40. The van der Waals surface area contributed by atoms with Gasteiger partial charge in [-0.05, 0) is 54.8 Å². The smallest absolute Gasteiger partial charge is 0.121 e. The third-order valence-corrected chi connectivity index (χ3v) is 3.29. The first kappa shape index (κ1) is 15.2. The average Bonchev–Trinajstić information content (AvgIpc) is 2.52. The summed E-state index contributed by atoms with van der Waals surface area (Å²) in [7, 11) is 1.69. The molecule has 0 unspecified atom stereocenters. The molecule has 3 heteroatoms. The minimum Gasteiger partial charge on any atom is -0.496 e. The predicted molar refractivity (Wildman–Crippen MR) is 87.3 cm³/mol. The Hall–Kier alpha value is -2.16. The van der Waals surface area contributed by atoms with E-state index in [-0.39, 0.29) is 0 Å². The molecule has 0 heterocycles. The molecule has 21 heavy (non-hydrogen) atoms. The van der Waals surface area contributed by atoms with Gasteiger partial charge in [-0.15, -0.1) is 0 Å². The molecule has 2 rings (SSSR count). The number of methoxy groups -OCH3 is 1. The van der Waals surface area contributed by atoms with E-state index in [1.165, 1.54) is 5.56 Å². The van der Waals surface area contributed by atoms with E-state index in [0.717, 1.165) is 42.3 Å². The van der Waals surface area contributed by atoms with Crippen molar-refractivity contribution in [2.24, 2.45) is 0 Å². The van der Waals surface area contributed by atoms with Gasteiger partial charge in [0.1, 0.15) is 11.5 Å². The number of anilines is 1. The number of ether oxygens (including phenoxy) is 2. The minimum atomic E-state index is 0.767. The highest BCUT2D eigenvalue weighted by molar-refractivity contribution is 5.51. The van der Waals surface area contributed by atoms with Crippen molar-refractivity contribution in [1.29, 1.82) is 0 Å². The van der Waals surface area contributed by atoms with Crippen LogP contribution in [0.3, 0.4) is 0 Å². The van der Waals surface area contributed by atoms with Gasteiger partial charge in [0.2, 0.25) is 0 Å². The van der Waals surface area contributed by atoms with E-state index in [4.69, 9.17) is 9.47 Å². The third-order valence-electron chi connectivity index (χ3n) is 3.29. The van der Waals surface area contributed by atoms with Gasteiger partial charge in [0.05, 0.1) is 13.7 Å². The number of rotatable bonds is 7. The van der Waals surface area contributed by atoms with Gasteiger partial charge in [0.25, 0.3) is 0 Å². The van der Waals surface area contributed by atoms with Gasteiger partial charge < -0.3 is 14.8 Å². The highest BCUT2D eigenvalue weighted by Gasteiger charge is 2.00. The zero-order valence-electron chi connectivity index (χ0n) is 13.0. The summed E-state index contributed by atoms with van der Waals surface area (Å²) >= 11 is 0. The van der Waals surface area contributed by atoms with Gasteiger partial charge in [0.15, 0.2) is 0 Å². The Morgan fingerprint density at radius 2 is 1.81 bits per heavy atom. The summed E-state index contributed by atoms with van der Waals surface area (Å²) in [5.41, 5.74) is 3.46. The molecule has 2 aromatic carbocycles. The summed E-state index contributed by atoms with van der Waals surface area (Å²) in [6.07, 6.45) is 1.03. The van der Waals surface area contributed by atoms with Crippen LogP contribution in [0.25, 0.3) is 0 Å². The molecule has 0 spiro atoms. The minimum absolute atomic E-state index is 0.767. The lowest BCUT2D eigenvalue weighted by Crippen LogP contribution is -2.00. The Balaban J connectivity index is 1.92. The Bertz CT molecular complexity index is 564. The maximum Gasteiger partial charge on any atom is 0.121 e. The van der Waals surface area contributed by atoms with Gasteiger partial charge in [-0.25, -0.2) is 0 Å². The van der Waals surface area contributed by atoms with Crippen LogP contribution in [0.2, 0.25) is 0 Å². The molecule has 0 amide bonds. The quantitative estimate of drug-likeness (QED) is 0.817. The fourth-order valence-electron chi connectivity index (χ4n) is 2.12. The van der Waals surface area contributed by atoms with Gasteiger partial charge in [-0.2, -0.15) is 0 Å². The Morgan fingerprint density at radius 3 is 2.43 bits per heavy atom. The van der Waals surface area contributed by atoms with Gasteiger partial charge in [0, 0.05) is 12.2 Å². The average molecular weight is 285 g/mol. The normalized spacial score (nSPS) is 10.2. The number of nitrogens with one attached hydrogen (secondary N) is 1. The molecule has 3 nitrogen and oxygen atoms in total. The first-order valence-corrected chi connectivity index (χ1v) is 7.33. The lowest BCUT2D eigenvalue weighted by molar-refractivity contribution is 0.317. The number of hydrogen-bond acceptors (Lipinski definition) is 3. The van der Waals surface area contributed by atoms with Crippen LogP contribution in [-0.2, 0) is 6.54 Å². The van der Waals surface area contributed by atoms with Crippen molar-refractivity contribution in [3.63, 3.8) is 0 Å². The number of hydrogen-bond donors (Lipinski definition) is 1. The Labute approximate surface area is 126 Å². The summed E-state index contributed by atoms with van der Waals surface area (Å²) in [4.78, 5) is 0. The first-order chi connectivity index (χ1) is 10.2. The molecule has 0 aliphatic rings. The lowest BCUT2D eigenvalue weighted by Gasteiger charge is -2.10. The van der Waals surface area contributed by atoms with Crippen LogP contribution in [0, 0.1) is 6.92 Å². The van der Waals surface area contributed by atoms with Gasteiger partial charge in [-0.3, -0.25) is 0 Å². The molecule has 0 saturated heterocycles. The van der Waals surface area contributed by atoms with Gasteiger partial charge >= 0.3 is 0 Å². The molecule has 0 atom stereocenters. The summed E-state index contributed by atoms with van der Waals surface area (Å²) in [6.45, 7) is 5.71. The number of aryl methyl sites for hydroxylation is 1. The standard InChI is InChI=1S/C18H23NO2/c1-4-11-21-17-8-5-15(6-9-17)13-19-16-7-10-18(20-3)14(2)12-16/h5-10,12,19H,4,11,13H2,1-3H3. The fraction of sp³-hybridized carbons (Fsp3) is 0.333. The molecule has 0 radical (unpaired) electrons. The van der Waals surface area contributed by atoms with Crippen molar-refractivity contribution in [2.45, 2.75) is 26.8 Å². The molecule has 0 aliphatic heterocycles. The zero-order valence-corrected chi connectivity index (χ0v) is 13.0. The molecule has 0 aliphatic carbocycles. The Kier molecular flexibility index (Phi) is 5.50. The van der Waals surface area contributed by atoms with Crippen LogP contribution in [0.15, 0.2) is 42.5 Å². The summed E-state index contributed by atoms with van der Waals surface area (Å²) in [6, 6.07) is 14.3. The van der Waals surface area contributed by atoms with E-state index >= 15 is 0 Å². The highest BCUT2D eigenvalue weighted by atomic mass is 16.5. The van der Waals surface area contributed by atoms with E-state index in [2.05, 4.69) is 30.4 Å². The molecular weight excluding hydrogens is 262 g/mol. The van der Waals surface area contributed by atoms with E-state index < -0.39 is 0 Å². The van der Waals surface area contributed by atoms with Crippen LogP contribution in [0.1, 0.15) is 24.5 Å². The molecule has 0 bridgehead atoms. The molecular formula is C18H23NO2. The summed E-state index contributed by atoms with van der Waals surface area (Å²) in [5, 5.41) is 3.42. The topological polar surface area (TPSA) is 30.5 Å². The van der Waals surface area contributed by atoms with Crippen LogP contribution < -0.4 is 14.8 Å². The summed E-state index contributed by atoms with van der Waals surface area (Å²) in [5.74, 6) is 1.85. The van der Waals surface area contributed by atoms with Crippen molar-refractivity contribution < 1.29 is 9.47 Å². The van der Waals surface area contributed by atoms with E-state index in [1.54, 1.807) is 7.11 Å². The SMILES string of the molecule is CCCOc1ccc(CNc2ccc(OC)c(C)c2)cc1. The molecule has 1 N–H and O–H groups in total. The molecule has 112 valence electrons. The lowest BCUT2D eigenvalue weighted by atomic mass is 10.2. The van der Waals surface area contributed by atoms with Crippen molar-refractivity contribution in [3.8, 4) is 11.5 Å². The highest BCUT2D eigenvalue weighted by Crippen LogP contribution is 2.22. The molecule has 0 saturated carbocycles. The van der Waals surface area contributed by atoms with Crippen molar-refractivity contribution in [1.82, 2.24) is 0 Å². The van der Waals surface area contributed by atoms with Crippen LogP contribution in [0.4, 0.5) is 5.69 Å². The summed E-state index contributed by atoms with van der Waals surface area (Å²) < 4.78 is 10.8. The maximum absolute atomic E-state index is 5.58. The van der Waals surface area contributed by atoms with Crippen LogP contribution in [0.5, 0.6) is 11.5 Å². The first-order valence-electron chi connectivity index (χ1n) is 7.33. The second-order valence-electron chi connectivity index (χ2n) is 5.03. The third kappa shape index (κ3) is 4.42. The van der Waals surface area contributed by atoms with Crippen LogP contribution >= 0.6 is 0 Å². The number of benzene rings is 2. The monoisotopic (exact) mass is 285 g/mol. The van der Waals surface area contributed by atoms with Crippen molar-refractivity contribution in [3.05, 3.63) is 53.6 Å². The van der Waals surface area contributed by atoms with E-state index in [9.17, 15) is 0 Å². The maximum atomic E-state index is 5.58. The zero-order chi connectivity index (χ0) is 15.1. The second kappa shape index (κ2) is 7.58. The molecule has 2 aromatic rings. The van der Waals surface area contributed by atoms with Crippen LogP contribution in [-0.4, -0.2) is 13.7 Å². The molecule has 0 aromatic heterocycles. The fourth-order valence-corrected chi connectivity index (χ4v) is 2.12. The molecule has 0 fully saturated rings. The Morgan fingerprint density at radius 1 is 1.05 bits per heavy atom. The van der Waals surface area contributed by atoms with Crippen molar-refractivity contribution >= 4 is 5.69 Å². The van der Waals surface area contributed by atoms with E-state index in [1.807, 2.05) is 31.2 Å². The van der Waals surface area contributed by atoms with Gasteiger partial charge in [-0.1, -0.05) is 19.1 Å². The van der Waals surface area contributed by atoms with E-state index in [0.29, 0.717) is 0 Å². The second-order valence-corrected chi connectivity index (χ2v) is 5.03.